The molecule has 0 aliphatic rings. The molecule has 0 aliphatic carbocycles. The zero-order valence-electron chi connectivity index (χ0n) is 39.0. The number of carboxylic acid groups (broad SMARTS) is 1. The number of nitrogens with zero attached hydrogens (tertiary/aromatic N) is 2. The maximum Gasteiger partial charge on any atom is 0.326 e. The van der Waals surface area contributed by atoms with Crippen molar-refractivity contribution in [3.05, 3.63) is 0 Å². The maximum atomic E-state index is 13.9. The van der Waals surface area contributed by atoms with Crippen LogP contribution in [0.2, 0.25) is 0 Å². The smallest absolute Gasteiger partial charge is 0.326 e. The highest BCUT2D eigenvalue weighted by Crippen LogP contribution is 2.09. The molecule has 29 nitrogen and oxygen atoms in total. The molecular weight excluding hydrogens is 901 g/mol. The zero-order chi connectivity index (χ0) is 52.3. The third-order valence-electron chi connectivity index (χ3n) is 9.72. The van der Waals surface area contributed by atoms with E-state index in [-0.39, 0.29) is 70.1 Å². The van der Waals surface area contributed by atoms with Crippen molar-refractivity contribution in [1.82, 2.24) is 42.5 Å². The Hall–Kier alpha value is -6.88. The number of carbonyl (C=O) groups is 10. The standard InChI is InChI=1S/C39H72N16O13/c1-18(48-22(5)58)30(60)50-24(11-8-16-46-38(42)43)33(63)55-29(21(4)57)36(66)52-23(10-6-7-15-40)32(62)51-25(13-14-27(41)59)34(64)54-28(20(3)56)35(65)49-19(2)31(61)53-26(37(67)68)12-9-17-47-39(44)45/h18-21,23-26,28-29,56-57H,6-17,40H2,1-5H3,(H2,41,59)(H,48,58)(H,49,65)(H,50,60)(H,51,62)(H,52,66)(H,53,61)(H,54,64)(H,55,63)(H,67,68)(H4,42,43,46)(H4,44,45,47)/t18-,19-,20+,21+,23-,24-,25-,26-,28-,29-/m0/s1. The van der Waals surface area contributed by atoms with Crippen molar-refractivity contribution >= 4 is 71.1 Å². The molecule has 0 spiro atoms. The fraction of sp³-hybridized carbons (Fsp3) is 0.692. The fourth-order valence-corrected chi connectivity index (χ4v) is 6.03. The normalized spacial score (nSPS) is 15.2. The van der Waals surface area contributed by atoms with E-state index < -0.39 is 133 Å². The van der Waals surface area contributed by atoms with Gasteiger partial charge < -0.3 is 92.3 Å². The summed E-state index contributed by atoms with van der Waals surface area (Å²) in [5.74, 6) is -10.2. The minimum absolute atomic E-state index is 0.0496. The minimum Gasteiger partial charge on any atom is -0.480 e. The zero-order valence-corrected chi connectivity index (χ0v) is 39.0. The summed E-state index contributed by atoms with van der Waals surface area (Å²) in [7, 11) is 0. The Morgan fingerprint density at radius 2 is 0.838 bits per heavy atom. The molecule has 386 valence electrons. The van der Waals surface area contributed by atoms with Gasteiger partial charge in [0.1, 0.15) is 48.3 Å². The van der Waals surface area contributed by atoms with E-state index in [2.05, 4.69) is 52.5 Å². The van der Waals surface area contributed by atoms with Gasteiger partial charge in [-0.3, -0.25) is 53.1 Å². The Balaban J connectivity index is 6.38. The first-order valence-electron chi connectivity index (χ1n) is 21.8. The Bertz CT molecular complexity index is 1790. The number of amides is 9. The van der Waals surface area contributed by atoms with Gasteiger partial charge >= 0.3 is 5.97 Å². The number of guanidine groups is 2. The SMILES string of the molecule is CC(=O)N[C@@H](C)C(=O)N[C@@H](CCCN=C(N)N)C(=O)N[C@H](C(=O)N[C@@H](CCCCN)C(=O)N[C@@H](CCC(N)=O)C(=O)N[C@H](C(=O)N[C@@H](C)C(=O)N[C@@H](CCCN=C(N)N)C(=O)O)[C@@H](C)O)[C@@H](C)O. The van der Waals surface area contributed by atoms with E-state index >= 15 is 0 Å². The molecule has 10 atom stereocenters. The summed E-state index contributed by atoms with van der Waals surface area (Å²) < 4.78 is 0. The lowest BCUT2D eigenvalue weighted by Crippen LogP contribution is -2.62. The lowest BCUT2D eigenvalue weighted by atomic mass is 10.0. The number of hydrogen-bond donors (Lipinski definition) is 17. The second-order valence-electron chi connectivity index (χ2n) is 15.9. The number of aliphatic imine (C=N–C) groups is 2. The monoisotopic (exact) mass is 973 g/mol. The Labute approximate surface area is 393 Å². The van der Waals surface area contributed by atoms with Gasteiger partial charge in [-0.1, -0.05) is 0 Å². The molecule has 0 aromatic rings. The van der Waals surface area contributed by atoms with E-state index in [1.54, 1.807) is 0 Å². The predicted octanol–water partition coefficient (Wildman–Crippen LogP) is -7.73. The van der Waals surface area contributed by atoms with E-state index in [0.717, 1.165) is 13.8 Å². The molecule has 0 saturated carbocycles. The van der Waals surface area contributed by atoms with Crippen LogP contribution in [-0.4, -0.2) is 167 Å². The molecule has 0 aromatic heterocycles. The summed E-state index contributed by atoms with van der Waals surface area (Å²) in [6.45, 7) is 6.35. The number of nitrogens with two attached hydrogens (primary N) is 6. The molecule has 29 heteroatoms. The van der Waals surface area contributed by atoms with Crippen molar-refractivity contribution < 1.29 is 63.3 Å². The molecule has 68 heavy (non-hydrogen) atoms. The summed E-state index contributed by atoms with van der Waals surface area (Å²) in [5.41, 5.74) is 32.2. The fourth-order valence-electron chi connectivity index (χ4n) is 6.03. The number of unbranched alkanes of at least 4 members (excludes halogenated alkanes) is 1. The van der Waals surface area contributed by atoms with Crippen LogP contribution in [-0.2, 0) is 47.9 Å². The quantitative estimate of drug-likeness (QED) is 0.0165. The highest BCUT2D eigenvalue weighted by molar-refractivity contribution is 5.98. The summed E-state index contributed by atoms with van der Waals surface area (Å²) >= 11 is 0. The highest BCUT2D eigenvalue weighted by atomic mass is 16.4. The van der Waals surface area contributed by atoms with Crippen LogP contribution in [0.25, 0.3) is 0 Å². The van der Waals surface area contributed by atoms with Crippen LogP contribution in [0.1, 0.15) is 92.4 Å². The number of carbonyl (C=O) groups excluding carboxylic acids is 9. The lowest BCUT2D eigenvalue weighted by molar-refractivity contribution is -0.142. The molecular formula is C39H72N16O13. The number of primary amides is 1. The minimum atomic E-state index is -1.79. The van der Waals surface area contributed by atoms with Crippen molar-refractivity contribution in [3.63, 3.8) is 0 Å². The van der Waals surface area contributed by atoms with E-state index in [4.69, 9.17) is 34.4 Å². The van der Waals surface area contributed by atoms with Crippen molar-refractivity contribution in [2.24, 2.45) is 44.4 Å². The molecule has 9 amide bonds. The van der Waals surface area contributed by atoms with E-state index in [1.807, 2.05) is 0 Å². The van der Waals surface area contributed by atoms with Crippen LogP contribution in [0, 0.1) is 0 Å². The van der Waals surface area contributed by atoms with Crippen LogP contribution in [0.3, 0.4) is 0 Å². The van der Waals surface area contributed by atoms with Gasteiger partial charge in [0.15, 0.2) is 11.9 Å². The van der Waals surface area contributed by atoms with Crippen LogP contribution in [0.4, 0.5) is 0 Å². The molecule has 0 aromatic carbocycles. The van der Waals surface area contributed by atoms with Crippen LogP contribution < -0.4 is 76.9 Å². The van der Waals surface area contributed by atoms with Gasteiger partial charge in [0.2, 0.25) is 53.2 Å². The van der Waals surface area contributed by atoms with E-state index in [0.29, 0.717) is 6.42 Å². The third-order valence-corrected chi connectivity index (χ3v) is 9.72. The lowest BCUT2D eigenvalue weighted by Gasteiger charge is -2.29. The van der Waals surface area contributed by atoms with Crippen molar-refractivity contribution in [1.29, 1.82) is 0 Å². The average molecular weight is 973 g/mol. The van der Waals surface area contributed by atoms with Gasteiger partial charge in [-0.05, 0) is 85.6 Å². The average Bonchev–Trinajstić information content (AvgIpc) is 3.23. The largest absolute Gasteiger partial charge is 0.480 e. The topological polar surface area (TPSA) is 508 Å². The van der Waals surface area contributed by atoms with Crippen LogP contribution in [0.15, 0.2) is 9.98 Å². The van der Waals surface area contributed by atoms with Crippen molar-refractivity contribution in [2.45, 2.75) is 153 Å². The highest BCUT2D eigenvalue weighted by Gasteiger charge is 2.36. The first-order chi connectivity index (χ1) is 31.7. The number of nitrogens with one attached hydrogen (secondary N) is 8. The van der Waals surface area contributed by atoms with Crippen LogP contribution >= 0.6 is 0 Å². The Kier molecular flexibility index (Phi) is 28.7. The second-order valence-corrected chi connectivity index (χ2v) is 15.9. The summed E-state index contributed by atoms with van der Waals surface area (Å²) in [6, 6.07) is -11.9. The molecule has 0 unspecified atom stereocenters. The molecule has 0 aliphatic heterocycles. The molecule has 0 radical (unpaired) electrons. The van der Waals surface area contributed by atoms with Gasteiger partial charge in [-0.25, -0.2) is 4.79 Å². The molecule has 23 N–H and O–H groups in total. The number of aliphatic hydroxyl groups excluding tert-OH is 2. The number of rotatable bonds is 33. The van der Waals surface area contributed by atoms with Gasteiger partial charge in [0.25, 0.3) is 0 Å². The van der Waals surface area contributed by atoms with Gasteiger partial charge in [0.05, 0.1) is 12.2 Å². The predicted molar refractivity (Wildman–Crippen MR) is 245 cm³/mol. The van der Waals surface area contributed by atoms with Crippen molar-refractivity contribution in [3.8, 4) is 0 Å². The van der Waals surface area contributed by atoms with Gasteiger partial charge in [-0.2, -0.15) is 0 Å². The van der Waals surface area contributed by atoms with E-state index in [1.165, 1.54) is 20.8 Å². The molecule has 0 fully saturated rings. The summed E-state index contributed by atoms with van der Waals surface area (Å²) in [5, 5.41) is 49.6. The molecule has 0 saturated heterocycles. The number of carboxylic acids is 1. The first-order valence-corrected chi connectivity index (χ1v) is 21.8. The van der Waals surface area contributed by atoms with Crippen molar-refractivity contribution in [2.75, 3.05) is 19.6 Å². The number of aliphatic carboxylic acids is 1. The van der Waals surface area contributed by atoms with Crippen LogP contribution in [0.5, 0.6) is 0 Å². The maximum absolute atomic E-state index is 13.9. The first kappa shape index (κ1) is 61.1. The molecule has 0 bridgehead atoms. The summed E-state index contributed by atoms with van der Waals surface area (Å²) in [6.07, 6.45) is -3.50. The number of hydrogen-bond acceptors (Lipinski definition) is 15. The number of aliphatic hydroxyl groups is 2. The van der Waals surface area contributed by atoms with Gasteiger partial charge in [-0.15, -0.1) is 0 Å². The second kappa shape index (κ2) is 31.9. The summed E-state index contributed by atoms with van der Waals surface area (Å²) in [4.78, 5) is 137. The Morgan fingerprint density at radius 3 is 1.25 bits per heavy atom. The third kappa shape index (κ3) is 25.1. The van der Waals surface area contributed by atoms with E-state index in [9.17, 15) is 63.3 Å². The molecule has 0 heterocycles. The molecule has 0 rings (SSSR count). The van der Waals surface area contributed by atoms with Gasteiger partial charge in [0, 0.05) is 26.4 Å². The Morgan fingerprint density at radius 1 is 0.471 bits per heavy atom.